The molecular formula is C18H19N5O2S. The maximum absolute atomic E-state index is 12.5. The summed E-state index contributed by atoms with van der Waals surface area (Å²) in [6, 6.07) is 17.2. The molecule has 0 atom stereocenters. The fraction of sp³-hybridized carbons (Fsp3) is 0.167. The van der Waals surface area contributed by atoms with Gasteiger partial charge in [0.15, 0.2) is 0 Å². The Morgan fingerprint density at radius 2 is 1.85 bits per heavy atom. The van der Waals surface area contributed by atoms with E-state index < -0.39 is 5.56 Å². The van der Waals surface area contributed by atoms with Gasteiger partial charge in [0.1, 0.15) is 5.75 Å². The molecule has 0 fully saturated rings. The third-order valence-electron chi connectivity index (χ3n) is 3.51. The molecule has 0 radical (unpaired) electrons. The van der Waals surface area contributed by atoms with Crippen molar-refractivity contribution in [2.45, 2.75) is 17.8 Å². The first-order chi connectivity index (χ1) is 12.7. The summed E-state index contributed by atoms with van der Waals surface area (Å²) in [6.45, 7) is 2.41. The fourth-order valence-electron chi connectivity index (χ4n) is 2.26. The summed E-state index contributed by atoms with van der Waals surface area (Å²) in [5.74, 6) is 7.22. The first-order valence-electron chi connectivity index (χ1n) is 8.09. The molecule has 8 heteroatoms. The minimum Gasteiger partial charge on any atom is -0.492 e. The second kappa shape index (κ2) is 8.39. The molecule has 26 heavy (non-hydrogen) atoms. The van der Waals surface area contributed by atoms with Crippen LogP contribution in [-0.2, 0) is 5.75 Å². The lowest BCUT2D eigenvalue weighted by Gasteiger charge is -2.12. The lowest BCUT2D eigenvalue weighted by molar-refractivity contribution is 0.342. The molecule has 0 bridgehead atoms. The van der Waals surface area contributed by atoms with Gasteiger partial charge in [-0.2, -0.15) is 4.68 Å². The quantitative estimate of drug-likeness (QED) is 0.488. The van der Waals surface area contributed by atoms with Gasteiger partial charge in [-0.1, -0.05) is 54.2 Å². The maximum Gasteiger partial charge on any atom is 0.315 e. The molecule has 0 aliphatic carbocycles. The summed E-state index contributed by atoms with van der Waals surface area (Å²) >= 11 is 1.35. The van der Waals surface area contributed by atoms with Crippen LogP contribution in [0.2, 0.25) is 0 Å². The van der Waals surface area contributed by atoms with Gasteiger partial charge in [0.2, 0.25) is 11.0 Å². The van der Waals surface area contributed by atoms with Gasteiger partial charge in [0.05, 0.1) is 12.3 Å². The van der Waals surface area contributed by atoms with Crippen molar-refractivity contribution in [1.82, 2.24) is 14.9 Å². The number of ether oxygens (including phenoxy) is 1. The third kappa shape index (κ3) is 4.15. The summed E-state index contributed by atoms with van der Waals surface area (Å²) in [5, 5.41) is 11.4. The number of hydrogen-bond donors (Lipinski definition) is 2. The number of nitrogen functional groups attached to an aromatic ring is 1. The standard InChI is InChI=1S/C18H19N5O2S/c1-2-25-15-11-7-6-10-14(15)20-16-17(24)23(19)18(22-21-16)26-12-13-8-4-3-5-9-13/h3-11H,2,12,19H2,1H3,(H,20,21). The molecule has 1 heterocycles. The summed E-state index contributed by atoms with van der Waals surface area (Å²) in [4.78, 5) is 12.5. The van der Waals surface area contributed by atoms with E-state index in [-0.39, 0.29) is 5.82 Å². The predicted molar refractivity (Wildman–Crippen MR) is 103 cm³/mol. The highest BCUT2D eigenvalue weighted by molar-refractivity contribution is 7.98. The molecule has 0 amide bonds. The summed E-state index contributed by atoms with van der Waals surface area (Å²) in [5.41, 5.74) is 1.28. The van der Waals surface area contributed by atoms with Crippen molar-refractivity contribution < 1.29 is 4.74 Å². The molecular weight excluding hydrogens is 350 g/mol. The number of para-hydroxylation sites is 2. The molecule has 3 aromatic rings. The van der Waals surface area contributed by atoms with Gasteiger partial charge in [-0.3, -0.25) is 4.79 Å². The van der Waals surface area contributed by atoms with E-state index in [1.807, 2.05) is 55.5 Å². The Balaban J connectivity index is 1.78. The van der Waals surface area contributed by atoms with Crippen molar-refractivity contribution in [3.05, 3.63) is 70.5 Å². The Labute approximate surface area is 155 Å². The molecule has 0 unspecified atom stereocenters. The number of nitrogens with one attached hydrogen (secondary N) is 1. The smallest absolute Gasteiger partial charge is 0.315 e. The third-order valence-corrected chi connectivity index (χ3v) is 4.53. The molecule has 3 rings (SSSR count). The van der Waals surface area contributed by atoms with Crippen LogP contribution < -0.4 is 21.5 Å². The lowest BCUT2D eigenvalue weighted by atomic mass is 10.2. The molecule has 0 saturated carbocycles. The van der Waals surface area contributed by atoms with Crippen LogP contribution in [0.3, 0.4) is 0 Å². The van der Waals surface area contributed by atoms with Crippen LogP contribution in [-0.4, -0.2) is 21.5 Å². The Kier molecular flexibility index (Phi) is 5.75. The summed E-state index contributed by atoms with van der Waals surface area (Å²) < 4.78 is 6.54. The van der Waals surface area contributed by atoms with Crippen molar-refractivity contribution in [2.75, 3.05) is 17.8 Å². The van der Waals surface area contributed by atoms with Crippen LogP contribution in [0.15, 0.2) is 64.5 Å². The van der Waals surface area contributed by atoms with Gasteiger partial charge in [-0.25, -0.2) is 0 Å². The molecule has 134 valence electrons. The number of nitrogens with zero attached hydrogens (tertiary/aromatic N) is 3. The number of thioether (sulfide) groups is 1. The Bertz CT molecular complexity index is 930. The van der Waals surface area contributed by atoms with E-state index in [0.29, 0.717) is 29.0 Å². The summed E-state index contributed by atoms with van der Waals surface area (Å²) in [6.07, 6.45) is 0. The highest BCUT2D eigenvalue weighted by Crippen LogP contribution is 2.26. The molecule has 3 N–H and O–H groups in total. The van der Waals surface area contributed by atoms with Crippen LogP contribution in [0.1, 0.15) is 12.5 Å². The molecule has 0 aliphatic heterocycles. The zero-order valence-corrected chi connectivity index (χ0v) is 15.1. The molecule has 0 spiro atoms. The molecule has 7 nitrogen and oxygen atoms in total. The zero-order chi connectivity index (χ0) is 18.4. The number of benzene rings is 2. The number of aromatic nitrogens is 3. The summed E-state index contributed by atoms with van der Waals surface area (Å²) in [7, 11) is 0. The largest absolute Gasteiger partial charge is 0.492 e. The SMILES string of the molecule is CCOc1ccccc1Nc1nnc(SCc2ccccc2)n(N)c1=O. The molecule has 2 aromatic carbocycles. The molecule has 1 aromatic heterocycles. The predicted octanol–water partition coefficient (Wildman–Crippen LogP) is 2.79. The van der Waals surface area contributed by atoms with E-state index in [1.54, 1.807) is 6.07 Å². The van der Waals surface area contributed by atoms with Crippen LogP contribution >= 0.6 is 11.8 Å². The van der Waals surface area contributed by atoms with E-state index in [1.165, 1.54) is 11.8 Å². The van der Waals surface area contributed by atoms with Crippen molar-refractivity contribution in [3.8, 4) is 5.75 Å². The lowest BCUT2D eigenvalue weighted by Crippen LogP contribution is -2.32. The van der Waals surface area contributed by atoms with Crippen LogP contribution in [0.25, 0.3) is 0 Å². The monoisotopic (exact) mass is 369 g/mol. The average Bonchev–Trinajstić information content (AvgIpc) is 2.67. The van der Waals surface area contributed by atoms with Crippen LogP contribution in [0, 0.1) is 0 Å². The zero-order valence-electron chi connectivity index (χ0n) is 14.3. The number of nitrogens with two attached hydrogens (primary N) is 1. The van der Waals surface area contributed by atoms with Gasteiger partial charge < -0.3 is 15.9 Å². The van der Waals surface area contributed by atoms with Crippen molar-refractivity contribution in [1.29, 1.82) is 0 Å². The maximum atomic E-state index is 12.5. The van der Waals surface area contributed by atoms with Crippen molar-refractivity contribution in [3.63, 3.8) is 0 Å². The number of anilines is 2. The van der Waals surface area contributed by atoms with E-state index in [9.17, 15) is 4.79 Å². The van der Waals surface area contributed by atoms with Crippen LogP contribution in [0.4, 0.5) is 11.5 Å². The van der Waals surface area contributed by atoms with Gasteiger partial charge in [0.25, 0.3) is 0 Å². The van der Waals surface area contributed by atoms with Gasteiger partial charge in [-0.15, -0.1) is 10.2 Å². The van der Waals surface area contributed by atoms with Gasteiger partial charge in [0, 0.05) is 5.75 Å². The highest BCUT2D eigenvalue weighted by Gasteiger charge is 2.13. The minimum absolute atomic E-state index is 0.0451. The van der Waals surface area contributed by atoms with E-state index in [4.69, 9.17) is 10.6 Å². The second-order valence-electron chi connectivity index (χ2n) is 5.33. The Morgan fingerprint density at radius 1 is 1.12 bits per heavy atom. The first kappa shape index (κ1) is 17.8. The Hall–Kier alpha value is -3.00. The Morgan fingerprint density at radius 3 is 2.62 bits per heavy atom. The topological polar surface area (TPSA) is 95.1 Å². The van der Waals surface area contributed by atoms with Crippen LogP contribution in [0.5, 0.6) is 5.75 Å². The molecule has 0 aliphatic rings. The normalized spacial score (nSPS) is 10.5. The van der Waals surface area contributed by atoms with E-state index >= 15 is 0 Å². The fourth-order valence-corrected chi connectivity index (χ4v) is 3.07. The average molecular weight is 369 g/mol. The first-order valence-corrected chi connectivity index (χ1v) is 9.08. The van der Waals surface area contributed by atoms with Gasteiger partial charge >= 0.3 is 5.56 Å². The second-order valence-corrected chi connectivity index (χ2v) is 6.28. The van der Waals surface area contributed by atoms with E-state index in [0.717, 1.165) is 10.2 Å². The number of hydrogen-bond acceptors (Lipinski definition) is 7. The molecule has 0 saturated heterocycles. The van der Waals surface area contributed by atoms with Crippen molar-refractivity contribution >= 4 is 23.3 Å². The minimum atomic E-state index is -0.457. The number of rotatable bonds is 7. The van der Waals surface area contributed by atoms with E-state index in [2.05, 4.69) is 15.5 Å². The van der Waals surface area contributed by atoms with Crippen molar-refractivity contribution in [2.24, 2.45) is 0 Å². The van der Waals surface area contributed by atoms with Gasteiger partial charge in [-0.05, 0) is 24.6 Å². The highest BCUT2D eigenvalue weighted by atomic mass is 32.2.